The lowest BCUT2D eigenvalue weighted by atomic mass is 10.1. The summed E-state index contributed by atoms with van der Waals surface area (Å²) in [6, 6.07) is 15.5. The molecule has 5 nitrogen and oxygen atoms in total. The first-order valence-corrected chi connectivity index (χ1v) is 10.1. The first kappa shape index (κ1) is 20.2. The van der Waals surface area contributed by atoms with Crippen molar-refractivity contribution >= 4 is 34.8 Å². The quantitative estimate of drug-likeness (QED) is 0.695. The van der Waals surface area contributed by atoms with Gasteiger partial charge in [-0.1, -0.05) is 30.3 Å². The van der Waals surface area contributed by atoms with E-state index in [1.807, 2.05) is 42.5 Å². The molecule has 3 rings (SSSR count). The monoisotopic (exact) mass is 399 g/mol. The molecule has 0 bridgehead atoms. The summed E-state index contributed by atoms with van der Waals surface area (Å²) in [5.41, 5.74) is 3.25. The minimum absolute atomic E-state index is 0.132. The highest BCUT2D eigenvalue weighted by Gasteiger charge is 2.20. The van der Waals surface area contributed by atoms with E-state index in [-0.39, 0.29) is 11.8 Å². The second-order valence-electron chi connectivity index (χ2n) is 7.02. The minimum atomic E-state index is -0.638. The molecule has 2 amide bonds. The van der Waals surface area contributed by atoms with Gasteiger partial charge >= 0.3 is 0 Å². The average Bonchev–Trinajstić information content (AvgIpc) is 3.23. The highest BCUT2D eigenvalue weighted by molar-refractivity contribution is 6.32. The van der Waals surface area contributed by atoms with E-state index in [2.05, 4.69) is 15.5 Å². The molecule has 0 aromatic heterocycles. The van der Waals surface area contributed by atoms with Crippen LogP contribution in [0.5, 0.6) is 0 Å². The van der Waals surface area contributed by atoms with Gasteiger partial charge in [-0.2, -0.15) is 0 Å². The highest BCUT2D eigenvalue weighted by atomic mass is 35.5. The highest BCUT2D eigenvalue weighted by Crippen LogP contribution is 2.27. The number of nitrogens with one attached hydrogen (secondary N) is 2. The zero-order valence-electron chi connectivity index (χ0n) is 16.1. The van der Waals surface area contributed by atoms with Crippen molar-refractivity contribution in [3.63, 3.8) is 0 Å². The van der Waals surface area contributed by atoms with Gasteiger partial charge in [0.25, 0.3) is 5.91 Å². The topological polar surface area (TPSA) is 61.4 Å². The molecule has 0 aliphatic carbocycles. The Morgan fingerprint density at radius 2 is 1.82 bits per heavy atom. The molecular formula is C22H26ClN3O2. The number of benzene rings is 2. The van der Waals surface area contributed by atoms with Gasteiger partial charge in [0.05, 0.1) is 5.56 Å². The first-order valence-electron chi connectivity index (χ1n) is 9.70. The number of alkyl halides is 1. The number of hydrogen-bond donors (Lipinski definition) is 2. The molecule has 2 N–H and O–H groups in total. The third-order valence-electron chi connectivity index (χ3n) is 4.86. The summed E-state index contributed by atoms with van der Waals surface area (Å²) >= 11 is 5.84. The zero-order chi connectivity index (χ0) is 19.9. The molecular weight excluding hydrogens is 374 g/mol. The summed E-state index contributed by atoms with van der Waals surface area (Å²) in [5.74, 6) is -0.418. The Morgan fingerprint density at radius 3 is 2.50 bits per heavy atom. The Bertz CT molecular complexity index is 818. The van der Waals surface area contributed by atoms with Gasteiger partial charge in [-0.25, -0.2) is 0 Å². The van der Waals surface area contributed by atoms with Gasteiger partial charge in [0.15, 0.2) is 0 Å². The van der Waals surface area contributed by atoms with Crippen LogP contribution in [0.3, 0.4) is 0 Å². The number of carbonyl (C=O) groups is 2. The Labute approximate surface area is 171 Å². The zero-order valence-corrected chi connectivity index (χ0v) is 16.8. The molecule has 2 aromatic carbocycles. The lowest BCUT2D eigenvalue weighted by Gasteiger charge is -2.22. The van der Waals surface area contributed by atoms with Crippen LogP contribution in [0, 0.1) is 0 Å². The van der Waals surface area contributed by atoms with Crippen LogP contribution in [0.15, 0.2) is 48.5 Å². The van der Waals surface area contributed by atoms with Crippen molar-refractivity contribution in [3.8, 4) is 0 Å². The molecule has 2 aromatic rings. The fraction of sp³-hybridized carbons (Fsp3) is 0.364. The van der Waals surface area contributed by atoms with Gasteiger partial charge < -0.3 is 15.5 Å². The SMILES string of the molecule is C[C@H](Cl)C(=O)Nc1ccc(N2CCCC2)c(C(=O)NCCc2ccccc2)c1. The maximum atomic E-state index is 12.9. The number of amides is 2. The van der Waals surface area contributed by atoms with Gasteiger partial charge in [-0.3, -0.25) is 9.59 Å². The lowest BCUT2D eigenvalue weighted by molar-refractivity contribution is -0.115. The van der Waals surface area contributed by atoms with Crippen molar-refractivity contribution in [2.75, 3.05) is 29.9 Å². The van der Waals surface area contributed by atoms with Gasteiger partial charge in [-0.15, -0.1) is 11.6 Å². The van der Waals surface area contributed by atoms with Crippen molar-refractivity contribution in [2.24, 2.45) is 0 Å². The summed E-state index contributed by atoms with van der Waals surface area (Å²) < 4.78 is 0. The molecule has 0 unspecified atom stereocenters. The molecule has 148 valence electrons. The average molecular weight is 400 g/mol. The van der Waals surface area contributed by atoms with Crippen molar-refractivity contribution < 1.29 is 9.59 Å². The molecule has 1 heterocycles. The molecule has 0 spiro atoms. The largest absolute Gasteiger partial charge is 0.371 e. The maximum Gasteiger partial charge on any atom is 0.253 e. The van der Waals surface area contributed by atoms with Crippen LogP contribution >= 0.6 is 11.6 Å². The molecule has 0 radical (unpaired) electrons. The normalized spacial score (nSPS) is 14.6. The second-order valence-corrected chi connectivity index (χ2v) is 7.68. The molecule has 0 saturated carbocycles. The summed E-state index contributed by atoms with van der Waals surface area (Å²) in [6.07, 6.45) is 3.01. The van der Waals surface area contributed by atoms with Crippen LogP contribution in [0.1, 0.15) is 35.7 Å². The summed E-state index contributed by atoms with van der Waals surface area (Å²) in [5, 5.41) is 5.14. The standard InChI is InChI=1S/C22H26ClN3O2/c1-16(23)21(27)25-18-9-10-20(26-13-5-6-14-26)19(15-18)22(28)24-12-11-17-7-3-2-4-8-17/h2-4,7-10,15-16H,5-6,11-14H2,1H3,(H,24,28)(H,25,27)/t16-/m0/s1. The van der Waals surface area contributed by atoms with Crippen molar-refractivity contribution in [3.05, 3.63) is 59.7 Å². The van der Waals surface area contributed by atoms with E-state index in [1.165, 1.54) is 5.56 Å². The first-order chi connectivity index (χ1) is 13.5. The molecule has 28 heavy (non-hydrogen) atoms. The Kier molecular flexibility index (Phi) is 6.93. The van der Waals surface area contributed by atoms with Crippen LogP contribution in [0.2, 0.25) is 0 Å². The van der Waals surface area contributed by atoms with E-state index in [1.54, 1.807) is 13.0 Å². The predicted molar refractivity (Wildman–Crippen MR) is 114 cm³/mol. The Balaban J connectivity index is 1.74. The van der Waals surface area contributed by atoms with E-state index in [0.29, 0.717) is 17.8 Å². The van der Waals surface area contributed by atoms with Gasteiger partial charge in [0, 0.05) is 31.0 Å². The van der Waals surface area contributed by atoms with Crippen LogP contribution in [0.4, 0.5) is 11.4 Å². The Morgan fingerprint density at radius 1 is 1.11 bits per heavy atom. The van der Waals surface area contributed by atoms with E-state index in [0.717, 1.165) is 38.0 Å². The van der Waals surface area contributed by atoms with Crippen molar-refractivity contribution in [1.82, 2.24) is 5.32 Å². The number of carbonyl (C=O) groups excluding carboxylic acids is 2. The van der Waals surface area contributed by atoms with E-state index in [4.69, 9.17) is 11.6 Å². The third-order valence-corrected chi connectivity index (χ3v) is 5.06. The summed E-state index contributed by atoms with van der Waals surface area (Å²) in [4.78, 5) is 27.0. The second kappa shape index (κ2) is 9.60. The summed E-state index contributed by atoms with van der Waals surface area (Å²) in [6.45, 7) is 4.05. The van der Waals surface area contributed by atoms with Crippen molar-refractivity contribution in [1.29, 1.82) is 0 Å². The number of halogens is 1. The molecule has 1 saturated heterocycles. The molecule has 6 heteroatoms. The van der Waals surface area contributed by atoms with E-state index >= 15 is 0 Å². The van der Waals surface area contributed by atoms with Gasteiger partial charge in [0.2, 0.25) is 5.91 Å². The molecule has 1 fully saturated rings. The van der Waals surface area contributed by atoms with Crippen LogP contribution < -0.4 is 15.5 Å². The molecule has 1 aliphatic rings. The molecule has 1 atom stereocenters. The smallest absolute Gasteiger partial charge is 0.253 e. The van der Waals surface area contributed by atoms with Gasteiger partial charge in [0.1, 0.15) is 5.38 Å². The minimum Gasteiger partial charge on any atom is -0.371 e. The lowest BCUT2D eigenvalue weighted by Crippen LogP contribution is -2.29. The van der Waals surface area contributed by atoms with E-state index in [9.17, 15) is 9.59 Å². The summed E-state index contributed by atoms with van der Waals surface area (Å²) in [7, 11) is 0. The number of rotatable bonds is 7. The number of nitrogens with zero attached hydrogens (tertiary/aromatic N) is 1. The van der Waals surface area contributed by atoms with Crippen molar-refractivity contribution in [2.45, 2.75) is 31.6 Å². The predicted octanol–water partition coefficient (Wildman–Crippen LogP) is 3.83. The fourth-order valence-corrected chi connectivity index (χ4v) is 3.39. The number of anilines is 2. The fourth-order valence-electron chi connectivity index (χ4n) is 3.33. The Hall–Kier alpha value is -2.53. The van der Waals surface area contributed by atoms with E-state index < -0.39 is 5.38 Å². The third kappa shape index (κ3) is 5.26. The van der Waals surface area contributed by atoms with Gasteiger partial charge in [-0.05, 0) is 49.9 Å². The van der Waals surface area contributed by atoms with Crippen LogP contribution in [-0.2, 0) is 11.2 Å². The van der Waals surface area contributed by atoms with Crippen LogP contribution in [-0.4, -0.2) is 36.8 Å². The van der Waals surface area contributed by atoms with Crippen LogP contribution in [0.25, 0.3) is 0 Å². The molecule has 1 aliphatic heterocycles. The number of hydrogen-bond acceptors (Lipinski definition) is 3. The maximum absolute atomic E-state index is 12.9.